The first kappa shape index (κ1) is 13.4. The fraction of sp³-hybridized carbons (Fsp3) is 0.412. The molecule has 6 heteroatoms. The van der Waals surface area contributed by atoms with Crippen LogP contribution in [0.2, 0.25) is 5.02 Å². The number of amides is 3. The van der Waals surface area contributed by atoms with Gasteiger partial charge >= 0.3 is 6.03 Å². The average Bonchev–Trinajstić information content (AvgIpc) is 3.20. The molecule has 1 aromatic heterocycles. The van der Waals surface area contributed by atoms with E-state index in [1.54, 1.807) is 4.90 Å². The van der Waals surface area contributed by atoms with Crippen LogP contribution >= 0.6 is 11.6 Å². The van der Waals surface area contributed by atoms with Crippen molar-refractivity contribution in [2.75, 3.05) is 13.1 Å². The average molecular weight is 330 g/mol. The molecular formula is C17H16ClN3O2. The molecule has 2 aromatic rings. The number of hydrogen-bond acceptors (Lipinski definition) is 2. The number of rotatable bonds is 3. The van der Waals surface area contributed by atoms with Crippen LogP contribution < -0.4 is 0 Å². The molecule has 0 atom stereocenters. The number of urea groups is 1. The van der Waals surface area contributed by atoms with Gasteiger partial charge in [0.05, 0.1) is 10.5 Å². The number of aromatic nitrogens is 1. The minimum absolute atomic E-state index is 0.00845. The minimum atomic E-state index is -0.481. The van der Waals surface area contributed by atoms with Crippen LogP contribution in [0.5, 0.6) is 0 Å². The molecule has 1 spiro atoms. The Bertz CT molecular complexity index is 850. The SMILES string of the molecule is O=C1N(CCc2c[nH]c3c(Cl)cccc23)C(=O)C23CC(CN12)C3. The van der Waals surface area contributed by atoms with Gasteiger partial charge in [0.1, 0.15) is 5.54 Å². The van der Waals surface area contributed by atoms with Gasteiger partial charge in [-0.1, -0.05) is 23.7 Å². The number of nitrogens with zero attached hydrogens (tertiary/aromatic N) is 2. The highest BCUT2D eigenvalue weighted by molar-refractivity contribution is 6.35. The maximum absolute atomic E-state index is 12.7. The van der Waals surface area contributed by atoms with E-state index < -0.39 is 5.54 Å². The minimum Gasteiger partial charge on any atom is -0.360 e. The largest absolute Gasteiger partial charge is 0.360 e. The van der Waals surface area contributed by atoms with Crippen molar-refractivity contribution in [3.05, 3.63) is 35.0 Å². The smallest absolute Gasteiger partial charge is 0.327 e. The van der Waals surface area contributed by atoms with Crippen molar-refractivity contribution < 1.29 is 9.59 Å². The predicted octanol–water partition coefficient (Wildman–Crippen LogP) is 2.79. The van der Waals surface area contributed by atoms with Crippen molar-refractivity contribution in [2.45, 2.75) is 24.8 Å². The first-order valence-corrected chi connectivity index (χ1v) is 8.36. The van der Waals surface area contributed by atoms with Crippen molar-refractivity contribution in [3.8, 4) is 0 Å². The number of H-pyrrole nitrogens is 1. The van der Waals surface area contributed by atoms with Crippen molar-refractivity contribution in [1.82, 2.24) is 14.8 Å². The molecule has 3 amide bonds. The Labute approximate surface area is 138 Å². The highest BCUT2D eigenvalue weighted by atomic mass is 35.5. The molecule has 5 nitrogen and oxygen atoms in total. The van der Waals surface area contributed by atoms with E-state index in [0.717, 1.165) is 35.9 Å². The fourth-order valence-electron chi connectivity index (χ4n) is 4.52. The zero-order valence-corrected chi connectivity index (χ0v) is 13.3. The van der Waals surface area contributed by atoms with E-state index in [2.05, 4.69) is 4.98 Å². The van der Waals surface area contributed by atoms with Crippen LogP contribution in [0.25, 0.3) is 10.9 Å². The van der Waals surface area contributed by atoms with E-state index in [0.29, 0.717) is 23.9 Å². The molecule has 4 aliphatic rings. The lowest BCUT2D eigenvalue weighted by molar-refractivity contribution is -0.135. The predicted molar refractivity (Wildman–Crippen MR) is 86.3 cm³/mol. The van der Waals surface area contributed by atoms with Crippen molar-refractivity contribution >= 4 is 34.4 Å². The topological polar surface area (TPSA) is 56.4 Å². The molecule has 2 bridgehead atoms. The van der Waals surface area contributed by atoms with Gasteiger partial charge in [-0.25, -0.2) is 4.79 Å². The van der Waals surface area contributed by atoms with Gasteiger partial charge in [0.25, 0.3) is 5.91 Å². The Morgan fingerprint density at radius 1 is 1.30 bits per heavy atom. The molecular weight excluding hydrogens is 314 g/mol. The van der Waals surface area contributed by atoms with Crippen molar-refractivity contribution in [3.63, 3.8) is 0 Å². The number of nitrogens with one attached hydrogen (secondary N) is 1. The van der Waals surface area contributed by atoms with Gasteiger partial charge in [-0.2, -0.15) is 0 Å². The summed E-state index contributed by atoms with van der Waals surface area (Å²) >= 11 is 6.18. The molecule has 0 radical (unpaired) electrons. The van der Waals surface area contributed by atoms with Gasteiger partial charge in [-0.05, 0) is 36.8 Å². The van der Waals surface area contributed by atoms with E-state index in [-0.39, 0.29) is 11.9 Å². The number of fused-ring (bicyclic) bond motifs is 1. The number of carbonyl (C=O) groups is 2. The highest BCUT2D eigenvalue weighted by Crippen LogP contribution is 2.54. The summed E-state index contributed by atoms with van der Waals surface area (Å²) < 4.78 is 0. The van der Waals surface area contributed by atoms with E-state index in [1.165, 1.54) is 4.90 Å². The van der Waals surface area contributed by atoms with Gasteiger partial charge in [0.15, 0.2) is 0 Å². The summed E-state index contributed by atoms with van der Waals surface area (Å²) in [4.78, 5) is 31.6. The summed E-state index contributed by atoms with van der Waals surface area (Å²) in [5, 5.41) is 1.74. The molecule has 1 aliphatic carbocycles. The van der Waals surface area contributed by atoms with Crippen molar-refractivity contribution in [1.29, 1.82) is 0 Å². The second kappa shape index (κ2) is 4.29. The molecule has 4 fully saturated rings. The molecule has 4 heterocycles. The number of aromatic amines is 1. The monoisotopic (exact) mass is 329 g/mol. The third kappa shape index (κ3) is 1.58. The number of halogens is 1. The molecule has 118 valence electrons. The lowest BCUT2D eigenvalue weighted by atomic mass is 9.73. The highest BCUT2D eigenvalue weighted by Gasteiger charge is 2.68. The number of benzene rings is 1. The normalized spacial score (nSPS) is 28.7. The number of hydrogen-bond donors (Lipinski definition) is 1. The molecule has 3 aliphatic heterocycles. The van der Waals surface area contributed by atoms with Gasteiger partial charge in [0, 0.05) is 24.7 Å². The molecule has 1 saturated carbocycles. The van der Waals surface area contributed by atoms with Crippen LogP contribution in [0, 0.1) is 5.92 Å². The Morgan fingerprint density at radius 2 is 2.13 bits per heavy atom. The molecule has 1 N–H and O–H groups in total. The number of para-hydroxylation sites is 1. The van der Waals surface area contributed by atoms with Gasteiger partial charge < -0.3 is 9.88 Å². The Hall–Kier alpha value is -2.01. The Morgan fingerprint density at radius 3 is 2.91 bits per heavy atom. The van der Waals surface area contributed by atoms with Crippen molar-refractivity contribution in [2.24, 2.45) is 5.92 Å². The first-order valence-electron chi connectivity index (χ1n) is 7.98. The van der Waals surface area contributed by atoms with Crippen LogP contribution in [0.1, 0.15) is 18.4 Å². The van der Waals surface area contributed by atoms with Gasteiger partial charge in [0.2, 0.25) is 0 Å². The molecule has 23 heavy (non-hydrogen) atoms. The second-order valence-electron chi connectivity index (χ2n) is 6.88. The molecule has 1 aromatic carbocycles. The summed E-state index contributed by atoms with van der Waals surface area (Å²) in [6.07, 6.45) is 4.28. The van der Waals surface area contributed by atoms with Crippen LogP contribution in [0.15, 0.2) is 24.4 Å². The van der Waals surface area contributed by atoms with E-state index in [9.17, 15) is 9.59 Å². The Balaban J connectivity index is 1.39. The maximum atomic E-state index is 12.7. The third-order valence-electron chi connectivity index (χ3n) is 5.67. The Kier molecular flexibility index (Phi) is 2.51. The van der Waals surface area contributed by atoms with Crippen LogP contribution in [-0.4, -0.2) is 45.4 Å². The zero-order chi connectivity index (χ0) is 15.8. The summed E-state index contributed by atoms with van der Waals surface area (Å²) in [6.45, 7) is 1.18. The fourth-order valence-corrected chi connectivity index (χ4v) is 4.75. The summed E-state index contributed by atoms with van der Waals surface area (Å²) in [5.41, 5.74) is 1.51. The van der Waals surface area contributed by atoms with E-state index in [4.69, 9.17) is 11.6 Å². The van der Waals surface area contributed by atoms with Gasteiger partial charge in [-0.15, -0.1) is 0 Å². The first-order chi connectivity index (χ1) is 11.1. The van der Waals surface area contributed by atoms with E-state index in [1.807, 2.05) is 24.4 Å². The van der Waals surface area contributed by atoms with Crippen LogP contribution in [0.4, 0.5) is 4.79 Å². The lowest BCUT2D eigenvalue weighted by Crippen LogP contribution is -2.49. The number of imide groups is 1. The maximum Gasteiger partial charge on any atom is 0.327 e. The molecule has 0 unspecified atom stereocenters. The summed E-state index contributed by atoms with van der Waals surface area (Å²) in [5.74, 6) is 0.551. The van der Waals surface area contributed by atoms with Crippen LogP contribution in [0.3, 0.4) is 0 Å². The third-order valence-corrected chi connectivity index (χ3v) is 5.99. The van der Waals surface area contributed by atoms with Gasteiger partial charge in [-0.3, -0.25) is 9.69 Å². The lowest BCUT2D eigenvalue weighted by Gasteiger charge is -2.34. The quantitative estimate of drug-likeness (QED) is 0.880. The molecule has 3 saturated heterocycles. The molecule has 6 rings (SSSR count). The second-order valence-corrected chi connectivity index (χ2v) is 7.29. The summed E-state index contributed by atoms with van der Waals surface area (Å²) in [6, 6.07) is 5.66. The van der Waals surface area contributed by atoms with E-state index >= 15 is 0 Å². The summed E-state index contributed by atoms with van der Waals surface area (Å²) in [7, 11) is 0. The number of carbonyl (C=O) groups excluding carboxylic acids is 2. The zero-order valence-electron chi connectivity index (χ0n) is 12.5. The standard InChI is InChI=1S/C17H16ClN3O2/c18-13-3-1-2-12-11(8-19-14(12)13)4-5-20-15(22)17-6-10(7-17)9-21(17)16(20)23/h1-3,8,10,19H,4-7,9H2. The van der Waals surface area contributed by atoms with Crippen LogP contribution in [-0.2, 0) is 11.2 Å².